The predicted octanol–water partition coefficient (Wildman–Crippen LogP) is -0.0415. The number of piperidine rings is 1. The van der Waals surface area contributed by atoms with Gasteiger partial charge in [0, 0.05) is 19.1 Å². The average Bonchev–Trinajstić information content (AvgIpc) is 2.79. The minimum atomic E-state index is -0.646. The molecule has 3 N–H and O–H groups in total. The molecule has 0 aliphatic carbocycles. The van der Waals surface area contributed by atoms with E-state index >= 15 is 0 Å². The van der Waals surface area contributed by atoms with Gasteiger partial charge in [-0.1, -0.05) is 0 Å². The first kappa shape index (κ1) is 12.8. The zero-order valence-electron chi connectivity index (χ0n) is 10.3. The number of carboxylic acid groups (broad SMARTS) is 1. The SMILES string of the molecule is NCCN1CCC(N2CCCC2C(=O)O)CC1. The molecule has 5 heteroatoms. The Morgan fingerprint density at radius 3 is 2.53 bits per heavy atom. The first-order valence-electron chi connectivity index (χ1n) is 6.63. The van der Waals surface area contributed by atoms with Gasteiger partial charge in [-0.3, -0.25) is 9.69 Å². The second-order valence-corrected chi connectivity index (χ2v) is 5.10. The summed E-state index contributed by atoms with van der Waals surface area (Å²) in [6, 6.07) is 0.230. The van der Waals surface area contributed by atoms with Gasteiger partial charge in [0.15, 0.2) is 0 Å². The van der Waals surface area contributed by atoms with Crippen molar-refractivity contribution in [1.82, 2.24) is 9.80 Å². The van der Waals surface area contributed by atoms with Crippen LogP contribution in [0.2, 0.25) is 0 Å². The summed E-state index contributed by atoms with van der Waals surface area (Å²) in [5.41, 5.74) is 5.55. The molecule has 0 spiro atoms. The van der Waals surface area contributed by atoms with E-state index in [9.17, 15) is 9.90 Å². The van der Waals surface area contributed by atoms with E-state index in [0.717, 1.165) is 51.9 Å². The number of aliphatic carboxylic acids is 1. The highest BCUT2D eigenvalue weighted by Crippen LogP contribution is 2.25. The number of carbonyl (C=O) groups is 1. The first-order valence-corrected chi connectivity index (χ1v) is 6.63. The van der Waals surface area contributed by atoms with E-state index in [-0.39, 0.29) is 6.04 Å². The third kappa shape index (κ3) is 2.97. The van der Waals surface area contributed by atoms with Crippen molar-refractivity contribution in [3.8, 4) is 0 Å². The summed E-state index contributed by atoms with van der Waals surface area (Å²) in [7, 11) is 0. The molecule has 0 saturated carbocycles. The highest BCUT2D eigenvalue weighted by Gasteiger charge is 2.36. The molecule has 98 valence electrons. The molecule has 2 fully saturated rings. The molecule has 0 amide bonds. The lowest BCUT2D eigenvalue weighted by Crippen LogP contribution is -2.49. The van der Waals surface area contributed by atoms with Gasteiger partial charge in [-0.25, -0.2) is 0 Å². The highest BCUT2D eigenvalue weighted by molar-refractivity contribution is 5.73. The fourth-order valence-electron chi connectivity index (χ4n) is 3.15. The fourth-order valence-corrected chi connectivity index (χ4v) is 3.15. The standard InChI is InChI=1S/C12H23N3O2/c13-5-9-14-7-3-10(4-8-14)15-6-1-2-11(15)12(16)17/h10-11H,1-9,13H2,(H,16,17). The second-order valence-electron chi connectivity index (χ2n) is 5.10. The van der Waals surface area contributed by atoms with Crippen molar-refractivity contribution >= 4 is 5.97 Å². The van der Waals surface area contributed by atoms with Gasteiger partial charge in [0.05, 0.1) is 0 Å². The van der Waals surface area contributed by atoms with Gasteiger partial charge in [0.2, 0.25) is 0 Å². The van der Waals surface area contributed by atoms with Crippen molar-refractivity contribution in [1.29, 1.82) is 0 Å². The van der Waals surface area contributed by atoms with Gasteiger partial charge in [-0.2, -0.15) is 0 Å². The normalized spacial score (nSPS) is 28.6. The minimum Gasteiger partial charge on any atom is -0.480 e. The van der Waals surface area contributed by atoms with Crippen LogP contribution in [0.25, 0.3) is 0 Å². The van der Waals surface area contributed by atoms with Crippen LogP contribution in [0.3, 0.4) is 0 Å². The molecular formula is C12H23N3O2. The number of nitrogens with zero attached hydrogens (tertiary/aromatic N) is 2. The molecule has 2 heterocycles. The van der Waals surface area contributed by atoms with E-state index in [1.54, 1.807) is 0 Å². The molecule has 1 unspecified atom stereocenters. The molecular weight excluding hydrogens is 218 g/mol. The summed E-state index contributed by atoms with van der Waals surface area (Å²) >= 11 is 0. The Morgan fingerprint density at radius 2 is 1.94 bits per heavy atom. The van der Waals surface area contributed by atoms with Crippen LogP contribution in [0.5, 0.6) is 0 Å². The highest BCUT2D eigenvalue weighted by atomic mass is 16.4. The molecule has 0 aromatic carbocycles. The van der Waals surface area contributed by atoms with Crippen LogP contribution >= 0.6 is 0 Å². The molecule has 0 aromatic rings. The Morgan fingerprint density at radius 1 is 1.24 bits per heavy atom. The Labute approximate surface area is 103 Å². The van der Waals surface area contributed by atoms with Crippen molar-refractivity contribution in [2.24, 2.45) is 5.73 Å². The van der Waals surface area contributed by atoms with Crippen molar-refractivity contribution in [3.63, 3.8) is 0 Å². The minimum absolute atomic E-state index is 0.235. The lowest BCUT2D eigenvalue weighted by Gasteiger charge is -2.38. The maximum absolute atomic E-state index is 11.2. The van der Waals surface area contributed by atoms with Gasteiger partial charge in [0.1, 0.15) is 6.04 Å². The van der Waals surface area contributed by atoms with Crippen molar-refractivity contribution in [2.75, 3.05) is 32.7 Å². The summed E-state index contributed by atoms with van der Waals surface area (Å²) in [6.45, 7) is 4.76. The second kappa shape index (κ2) is 5.80. The molecule has 0 bridgehead atoms. The summed E-state index contributed by atoms with van der Waals surface area (Å²) in [6.07, 6.45) is 4.02. The van der Waals surface area contributed by atoms with E-state index in [4.69, 9.17) is 5.73 Å². The maximum atomic E-state index is 11.2. The van der Waals surface area contributed by atoms with Gasteiger partial charge in [-0.15, -0.1) is 0 Å². The van der Waals surface area contributed by atoms with Crippen molar-refractivity contribution in [3.05, 3.63) is 0 Å². The smallest absolute Gasteiger partial charge is 0.320 e. The third-order valence-corrected chi connectivity index (χ3v) is 4.05. The van der Waals surface area contributed by atoms with E-state index in [0.29, 0.717) is 12.6 Å². The number of hydrogen-bond acceptors (Lipinski definition) is 4. The number of nitrogens with two attached hydrogens (primary N) is 1. The van der Waals surface area contributed by atoms with Gasteiger partial charge in [0.25, 0.3) is 0 Å². The summed E-state index contributed by atoms with van der Waals surface area (Å²) in [4.78, 5) is 15.7. The fraction of sp³-hybridized carbons (Fsp3) is 0.917. The third-order valence-electron chi connectivity index (χ3n) is 4.05. The maximum Gasteiger partial charge on any atom is 0.320 e. The lowest BCUT2D eigenvalue weighted by molar-refractivity contribution is -0.143. The lowest BCUT2D eigenvalue weighted by atomic mass is 10.0. The van der Waals surface area contributed by atoms with E-state index in [1.165, 1.54) is 0 Å². The van der Waals surface area contributed by atoms with E-state index < -0.39 is 5.97 Å². The Bertz CT molecular complexity index is 264. The molecule has 2 aliphatic heterocycles. The number of carboxylic acids is 1. The molecule has 2 rings (SSSR count). The van der Waals surface area contributed by atoms with Crippen LogP contribution in [-0.4, -0.2) is 65.7 Å². The molecule has 17 heavy (non-hydrogen) atoms. The topological polar surface area (TPSA) is 69.8 Å². The number of hydrogen-bond donors (Lipinski definition) is 2. The zero-order valence-corrected chi connectivity index (χ0v) is 10.3. The molecule has 2 aliphatic rings. The molecule has 0 radical (unpaired) electrons. The van der Waals surface area contributed by atoms with E-state index in [2.05, 4.69) is 9.80 Å². The molecule has 2 saturated heterocycles. The Balaban J connectivity index is 1.85. The van der Waals surface area contributed by atoms with E-state index in [1.807, 2.05) is 0 Å². The van der Waals surface area contributed by atoms with Gasteiger partial charge >= 0.3 is 5.97 Å². The van der Waals surface area contributed by atoms with Crippen LogP contribution in [-0.2, 0) is 4.79 Å². The first-order chi connectivity index (χ1) is 8.22. The monoisotopic (exact) mass is 241 g/mol. The van der Waals surface area contributed by atoms with Crippen LogP contribution in [0.15, 0.2) is 0 Å². The van der Waals surface area contributed by atoms with Crippen LogP contribution in [0.1, 0.15) is 25.7 Å². The molecule has 0 aromatic heterocycles. The van der Waals surface area contributed by atoms with Crippen molar-refractivity contribution < 1.29 is 9.90 Å². The van der Waals surface area contributed by atoms with Crippen LogP contribution < -0.4 is 5.73 Å². The zero-order chi connectivity index (χ0) is 12.3. The summed E-state index contributed by atoms with van der Waals surface area (Å²) < 4.78 is 0. The molecule has 1 atom stereocenters. The quantitative estimate of drug-likeness (QED) is 0.722. The average molecular weight is 241 g/mol. The Kier molecular flexibility index (Phi) is 4.36. The Hall–Kier alpha value is -0.650. The summed E-state index contributed by atoms with van der Waals surface area (Å²) in [5, 5.41) is 9.18. The predicted molar refractivity (Wildman–Crippen MR) is 65.9 cm³/mol. The van der Waals surface area contributed by atoms with Crippen LogP contribution in [0.4, 0.5) is 0 Å². The summed E-state index contributed by atoms with van der Waals surface area (Å²) in [5.74, 6) is -0.646. The van der Waals surface area contributed by atoms with Crippen LogP contribution in [0, 0.1) is 0 Å². The van der Waals surface area contributed by atoms with Gasteiger partial charge in [-0.05, 0) is 45.3 Å². The number of rotatable bonds is 4. The number of likely N-dealkylation sites (tertiary alicyclic amines) is 2. The van der Waals surface area contributed by atoms with Gasteiger partial charge < -0.3 is 15.7 Å². The molecule has 5 nitrogen and oxygen atoms in total. The van der Waals surface area contributed by atoms with Crippen molar-refractivity contribution in [2.45, 2.75) is 37.8 Å². The largest absolute Gasteiger partial charge is 0.480 e.